The fourth-order valence-corrected chi connectivity index (χ4v) is 4.25. The Kier molecular flexibility index (Phi) is 9.95. The van der Waals surface area contributed by atoms with Crippen LogP contribution >= 0.6 is 11.6 Å². The molecule has 190 valence electrons. The predicted molar refractivity (Wildman–Crippen MR) is 145 cm³/mol. The summed E-state index contributed by atoms with van der Waals surface area (Å²) in [5.74, 6) is 0.424. The quantitative estimate of drug-likeness (QED) is 0.346. The smallest absolute Gasteiger partial charge is 0.261 e. The molecule has 0 spiro atoms. The van der Waals surface area contributed by atoms with Crippen molar-refractivity contribution in [3.63, 3.8) is 0 Å². The summed E-state index contributed by atoms with van der Waals surface area (Å²) in [6, 6.07) is 24.0. The topological polar surface area (TPSA) is 58.6 Å². The zero-order chi connectivity index (χ0) is 26.1. The van der Waals surface area contributed by atoms with Gasteiger partial charge in [0, 0.05) is 24.0 Å². The molecule has 36 heavy (non-hydrogen) atoms. The maximum atomic E-state index is 13.7. The van der Waals surface area contributed by atoms with E-state index in [0.29, 0.717) is 17.2 Å². The first-order valence-electron chi connectivity index (χ1n) is 12.3. The fraction of sp³-hybridized carbons (Fsp3) is 0.333. The van der Waals surface area contributed by atoms with E-state index in [1.807, 2.05) is 86.6 Å². The number of benzene rings is 3. The van der Waals surface area contributed by atoms with Crippen molar-refractivity contribution in [1.29, 1.82) is 0 Å². The summed E-state index contributed by atoms with van der Waals surface area (Å²) in [7, 11) is 0. The molecule has 6 heteroatoms. The summed E-state index contributed by atoms with van der Waals surface area (Å²) in [6.07, 6.45) is 0.373. The molecule has 1 N–H and O–H groups in total. The van der Waals surface area contributed by atoms with Gasteiger partial charge in [-0.3, -0.25) is 9.59 Å². The molecular weight excluding hydrogens is 472 g/mol. The molecule has 3 aromatic carbocycles. The van der Waals surface area contributed by atoms with Gasteiger partial charge in [0.25, 0.3) is 5.91 Å². The van der Waals surface area contributed by atoms with E-state index < -0.39 is 6.04 Å². The first-order chi connectivity index (χ1) is 17.3. The van der Waals surface area contributed by atoms with E-state index in [4.69, 9.17) is 16.3 Å². The van der Waals surface area contributed by atoms with Gasteiger partial charge in [-0.15, -0.1) is 0 Å². The number of hydrogen-bond acceptors (Lipinski definition) is 3. The maximum Gasteiger partial charge on any atom is 0.261 e. The number of nitrogens with zero attached hydrogens (tertiary/aromatic N) is 1. The number of amides is 2. The Morgan fingerprint density at radius 2 is 1.53 bits per heavy atom. The Labute approximate surface area is 219 Å². The Morgan fingerprint density at radius 1 is 0.889 bits per heavy atom. The summed E-state index contributed by atoms with van der Waals surface area (Å²) in [5, 5.41) is 3.54. The summed E-state index contributed by atoms with van der Waals surface area (Å²) in [6.45, 7) is 7.98. The molecule has 3 aromatic rings. The first-order valence-corrected chi connectivity index (χ1v) is 12.7. The molecule has 0 heterocycles. The van der Waals surface area contributed by atoms with Gasteiger partial charge in [0.05, 0.1) is 0 Å². The van der Waals surface area contributed by atoms with Crippen LogP contribution in [0.15, 0.2) is 78.9 Å². The van der Waals surface area contributed by atoms with Gasteiger partial charge in [0.1, 0.15) is 11.8 Å². The fourth-order valence-electron chi connectivity index (χ4n) is 4.06. The lowest BCUT2D eigenvalue weighted by molar-refractivity contribution is -0.143. The minimum atomic E-state index is -0.734. The van der Waals surface area contributed by atoms with Crippen LogP contribution in [0.25, 0.3) is 0 Å². The van der Waals surface area contributed by atoms with Crippen LogP contribution in [-0.4, -0.2) is 35.4 Å². The van der Waals surface area contributed by atoms with E-state index >= 15 is 0 Å². The van der Waals surface area contributed by atoms with Crippen molar-refractivity contribution in [1.82, 2.24) is 10.2 Å². The molecule has 1 atom stereocenters. The largest absolute Gasteiger partial charge is 0.483 e. The number of rotatable bonds is 11. The molecule has 0 saturated carbocycles. The van der Waals surface area contributed by atoms with Gasteiger partial charge in [-0.25, -0.2) is 0 Å². The second-order valence-electron chi connectivity index (χ2n) is 9.46. The number of carbonyl (C=O) groups is 2. The van der Waals surface area contributed by atoms with E-state index in [2.05, 4.69) is 19.2 Å². The van der Waals surface area contributed by atoms with E-state index in [9.17, 15) is 9.59 Å². The number of para-hydroxylation sites is 1. The number of nitrogens with one attached hydrogen (secondary N) is 1. The third-order valence-electron chi connectivity index (χ3n) is 5.89. The molecule has 2 amide bonds. The molecule has 0 aliphatic heterocycles. The van der Waals surface area contributed by atoms with Crippen molar-refractivity contribution in [3.8, 4) is 5.75 Å². The monoisotopic (exact) mass is 506 g/mol. The lowest BCUT2D eigenvalue weighted by Crippen LogP contribution is -2.52. The summed E-state index contributed by atoms with van der Waals surface area (Å²) >= 11 is 6.46. The highest BCUT2D eigenvalue weighted by atomic mass is 35.5. The Balaban J connectivity index is 1.94. The summed E-state index contributed by atoms with van der Waals surface area (Å²) < 4.78 is 6.01. The second kappa shape index (κ2) is 13.1. The minimum absolute atomic E-state index is 0.0674. The van der Waals surface area contributed by atoms with E-state index in [1.54, 1.807) is 11.0 Å². The van der Waals surface area contributed by atoms with Crippen LogP contribution in [0, 0.1) is 0 Å². The number of carbonyl (C=O) groups excluding carboxylic acids is 2. The molecule has 0 aliphatic carbocycles. The maximum absolute atomic E-state index is 13.7. The number of ether oxygens (including phenoxy) is 1. The molecule has 0 bridgehead atoms. The van der Waals surface area contributed by atoms with Crippen LogP contribution in [0.1, 0.15) is 50.3 Å². The standard InChI is InChI=1S/C30H35ClN2O3/c1-21(2)25-15-9-11-17-28(25)36-20-29(34)33(19-24-14-8-10-16-26(24)31)27(30(35)32-22(3)4)18-23-12-6-5-7-13-23/h5-17,21-22,27H,18-20H2,1-4H3,(H,32,35)/t27-/m1/s1. The van der Waals surface area contributed by atoms with Crippen LogP contribution in [0.5, 0.6) is 5.75 Å². The first kappa shape index (κ1) is 27.3. The van der Waals surface area contributed by atoms with Crippen molar-refractivity contribution in [2.75, 3.05) is 6.61 Å². The summed E-state index contributed by atoms with van der Waals surface area (Å²) in [4.78, 5) is 28.7. The second-order valence-corrected chi connectivity index (χ2v) is 9.87. The molecule has 0 fully saturated rings. The third-order valence-corrected chi connectivity index (χ3v) is 6.26. The van der Waals surface area contributed by atoms with E-state index in [0.717, 1.165) is 16.7 Å². The highest BCUT2D eigenvalue weighted by molar-refractivity contribution is 6.31. The zero-order valence-electron chi connectivity index (χ0n) is 21.4. The van der Waals surface area contributed by atoms with E-state index in [1.165, 1.54) is 0 Å². The van der Waals surface area contributed by atoms with Crippen molar-refractivity contribution in [2.45, 2.75) is 58.7 Å². The van der Waals surface area contributed by atoms with Gasteiger partial charge in [-0.05, 0) is 48.6 Å². The third kappa shape index (κ3) is 7.59. The van der Waals surface area contributed by atoms with Crippen LogP contribution < -0.4 is 10.1 Å². The van der Waals surface area contributed by atoms with Crippen LogP contribution in [0.2, 0.25) is 5.02 Å². The highest BCUT2D eigenvalue weighted by Crippen LogP contribution is 2.26. The molecule has 0 aliphatic rings. The van der Waals surface area contributed by atoms with Crippen molar-refractivity contribution < 1.29 is 14.3 Å². The lowest BCUT2D eigenvalue weighted by Gasteiger charge is -2.32. The Morgan fingerprint density at radius 3 is 2.19 bits per heavy atom. The van der Waals surface area contributed by atoms with E-state index in [-0.39, 0.29) is 36.9 Å². The molecule has 0 saturated heterocycles. The molecular formula is C30H35ClN2O3. The predicted octanol–water partition coefficient (Wildman–Crippen LogP) is 6.01. The van der Waals surface area contributed by atoms with Crippen molar-refractivity contribution in [2.24, 2.45) is 0 Å². The number of halogens is 1. The van der Waals surface area contributed by atoms with Gasteiger partial charge >= 0.3 is 0 Å². The van der Waals surface area contributed by atoms with Gasteiger partial charge < -0.3 is 15.0 Å². The average Bonchev–Trinajstić information content (AvgIpc) is 2.86. The van der Waals surface area contributed by atoms with Crippen LogP contribution in [0.3, 0.4) is 0 Å². The minimum Gasteiger partial charge on any atom is -0.483 e. The SMILES string of the molecule is CC(C)NC(=O)[C@@H](Cc1ccccc1)N(Cc1ccccc1Cl)C(=O)COc1ccccc1C(C)C. The lowest BCUT2D eigenvalue weighted by atomic mass is 10.0. The summed E-state index contributed by atoms with van der Waals surface area (Å²) in [5.41, 5.74) is 2.76. The van der Waals surface area contributed by atoms with Gasteiger partial charge in [-0.2, -0.15) is 0 Å². The molecule has 0 aromatic heterocycles. The Hall–Kier alpha value is -3.31. The average molecular weight is 507 g/mol. The molecule has 0 radical (unpaired) electrons. The highest BCUT2D eigenvalue weighted by Gasteiger charge is 2.31. The van der Waals surface area contributed by atoms with Crippen LogP contribution in [0.4, 0.5) is 0 Å². The Bertz CT molecular complexity index is 1150. The zero-order valence-corrected chi connectivity index (χ0v) is 22.2. The van der Waals surface area contributed by atoms with Crippen molar-refractivity contribution in [3.05, 3.63) is 101 Å². The molecule has 5 nitrogen and oxygen atoms in total. The van der Waals surface area contributed by atoms with Gasteiger partial charge in [0.15, 0.2) is 6.61 Å². The number of hydrogen-bond donors (Lipinski definition) is 1. The van der Waals surface area contributed by atoms with Crippen molar-refractivity contribution >= 4 is 23.4 Å². The molecule has 3 rings (SSSR count). The molecule has 0 unspecified atom stereocenters. The van der Waals surface area contributed by atoms with Gasteiger partial charge in [0.2, 0.25) is 5.91 Å². The van der Waals surface area contributed by atoms with Crippen LogP contribution in [-0.2, 0) is 22.6 Å². The van der Waals surface area contributed by atoms with Gasteiger partial charge in [-0.1, -0.05) is 92.2 Å². The normalized spacial score (nSPS) is 11.9.